The Morgan fingerprint density at radius 3 is 2.58 bits per heavy atom. The van der Waals surface area contributed by atoms with Gasteiger partial charge in [0.1, 0.15) is 6.04 Å². The molecule has 1 aliphatic rings. The van der Waals surface area contributed by atoms with Gasteiger partial charge in [0, 0.05) is 15.7 Å². The van der Waals surface area contributed by atoms with Crippen LogP contribution in [-0.2, 0) is 20.8 Å². The number of fused-ring (bicyclic) bond motifs is 3. The van der Waals surface area contributed by atoms with Crippen molar-refractivity contribution in [2.24, 2.45) is 0 Å². The van der Waals surface area contributed by atoms with E-state index in [-0.39, 0.29) is 18.2 Å². The number of nitrogen functional groups attached to an aromatic ring is 1. The number of nitrogens with zero attached hydrogens (tertiary/aromatic N) is 1. The van der Waals surface area contributed by atoms with Crippen molar-refractivity contribution in [3.63, 3.8) is 0 Å². The van der Waals surface area contributed by atoms with Gasteiger partial charge in [-0.1, -0.05) is 58.4 Å². The Balaban J connectivity index is 1.65. The molecule has 1 heterocycles. The summed E-state index contributed by atoms with van der Waals surface area (Å²) in [5, 5.41) is 2.74. The zero-order valence-electron chi connectivity index (χ0n) is 18.3. The number of nitrogens with one attached hydrogen (secondary N) is 1. The van der Waals surface area contributed by atoms with E-state index in [1.807, 2.05) is 48.5 Å². The second-order valence-electron chi connectivity index (χ2n) is 8.16. The van der Waals surface area contributed by atoms with Crippen LogP contribution in [0.5, 0.6) is 0 Å². The van der Waals surface area contributed by atoms with Gasteiger partial charge in [0.2, 0.25) is 11.8 Å². The molecule has 33 heavy (non-hydrogen) atoms. The molecule has 6 nitrogen and oxygen atoms in total. The van der Waals surface area contributed by atoms with Gasteiger partial charge < -0.3 is 11.1 Å². The lowest BCUT2D eigenvalue weighted by Gasteiger charge is -2.26. The molecule has 0 spiro atoms. The van der Waals surface area contributed by atoms with E-state index in [4.69, 9.17) is 5.73 Å². The van der Waals surface area contributed by atoms with Crippen LogP contribution in [-0.4, -0.2) is 23.8 Å². The van der Waals surface area contributed by atoms with Crippen LogP contribution in [0, 0.1) is 0 Å². The van der Waals surface area contributed by atoms with Gasteiger partial charge in [0.05, 0.1) is 18.0 Å². The number of hydrogen-bond acceptors (Lipinski definition) is 4. The van der Waals surface area contributed by atoms with Crippen LogP contribution in [0.1, 0.15) is 30.9 Å². The highest BCUT2D eigenvalue weighted by atomic mass is 79.9. The smallest absolute Gasteiger partial charge is 0.256 e. The largest absolute Gasteiger partial charge is 0.398 e. The van der Waals surface area contributed by atoms with Crippen LogP contribution in [0.2, 0.25) is 0 Å². The van der Waals surface area contributed by atoms with E-state index in [2.05, 4.69) is 21.2 Å². The van der Waals surface area contributed by atoms with Crippen molar-refractivity contribution in [1.29, 1.82) is 0 Å². The molecule has 3 amide bonds. The molecule has 7 heteroatoms. The summed E-state index contributed by atoms with van der Waals surface area (Å²) in [4.78, 5) is 40.8. The van der Waals surface area contributed by atoms with Crippen LogP contribution in [0.3, 0.4) is 0 Å². The van der Waals surface area contributed by atoms with Gasteiger partial charge in [-0.25, -0.2) is 4.90 Å². The van der Waals surface area contributed by atoms with Crippen molar-refractivity contribution in [2.75, 3.05) is 10.6 Å². The molecule has 0 aromatic heterocycles. The summed E-state index contributed by atoms with van der Waals surface area (Å²) in [5.41, 5.74) is 10.3. The molecule has 1 unspecified atom stereocenters. The van der Waals surface area contributed by atoms with Crippen LogP contribution in [0.15, 0.2) is 71.2 Å². The van der Waals surface area contributed by atoms with Crippen molar-refractivity contribution in [1.82, 2.24) is 5.32 Å². The number of anilines is 2. The topological polar surface area (TPSA) is 92.5 Å². The van der Waals surface area contributed by atoms with E-state index in [1.165, 1.54) is 4.90 Å². The molecule has 0 bridgehead atoms. The monoisotopic (exact) mass is 505 g/mol. The second-order valence-corrected chi connectivity index (χ2v) is 9.07. The van der Waals surface area contributed by atoms with E-state index in [0.29, 0.717) is 16.9 Å². The van der Waals surface area contributed by atoms with Crippen molar-refractivity contribution < 1.29 is 14.4 Å². The molecule has 0 aliphatic carbocycles. The zero-order valence-corrected chi connectivity index (χ0v) is 19.9. The number of carbonyl (C=O) groups is 3. The Labute approximate surface area is 200 Å². The number of hydrogen-bond donors (Lipinski definition) is 2. The average molecular weight is 506 g/mol. The predicted octanol–water partition coefficient (Wildman–Crippen LogP) is 4.42. The van der Waals surface area contributed by atoms with Crippen molar-refractivity contribution in [3.8, 4) is 11.1 Å². The van der Waals surface area contributed by atoms with Gasteiger partial charge in [-0.2, -0.15) is 0 Å². The molecule has 3 aromatic rings. The molecule has 2 atom stereocenters. The number of imide groups is 1. The fraction of sp³-hybridized carbons (Fsp3) is 0.192. The van der Waals surface area contributed by atoms with E-state index >= 15 is 0 Å². The van der Waals surface area contributed by atoms with E-state index in [0.717, 1.165) is 21.2 Å². The third-order valence-electron chi connectivity index (χ3n) is 5.83. The molecule has 0 fully saturated rings. The van der Waals surface area contributed by atoms with Gasteiger partial charge in [0.25, 0.3) is 5.91 Å². The summed E-state index contributed by atoms with van der Waals surface area (Å²) in [6.45, 7) is 3.36. The maximum atomic E-state index is 13.5. The van der Waals surface area contributed by atoms with Crippen molar-refractivity contribution in [3.05, 3.63) is 82.3 Å². The first-order chi connectivity index (χ1) is 15.8. The Hall–Kier alpha value is -3.45. The number of amides is 3. The zero-order chi connectivity index (χ0) is 23.7. The highest BCUT2D eigenvalue weighted by molar-refractivity contribution is 9.10. The van der Waals surface area contributed by atoms with Crippen molar-refractivity contribution in [2.45, 2.75) is 32.2 Å². The van der Waals surface area contributed by atoms with Crippen molar-refractivity contribution >= 4 is 45.0 Å². The number of benzene rings is 3. The Kier molecular flexibility index (Phi) is 6.33. The number of halogens is 1. The minimum Gasteiger partial charge on any atom is -0.398 e. The minimum atomic E-state index is -0.906. The molecule has 3 aromatic carbocycles. The summed E-state index contributed by atoms with van der Waals surface area (Å²) in [6.07, 6.45) is 0.121. The lowest BCUT2D eigenvalue weighted by Crippen LogP contribution is -2.50. The third kappa shape index (κ3) is 4.41. The molecule has 168 valence electrons. The maximum Gasteiger partial charge on any atom is 0.256 e. The second kappa shape index (κ2) is 9.19. The molecule has 4 rings (SSSR count). The fourth-order valence-electron chi connectivity index (χ4n) is 4.19. The molecule has 3 N–H and O–H groups in total. The Morgan fingerprint density at radius 2 is 1.82 bits per heavy atom. The summed E-state index contributed by atoms with van der Waals surface area (Å²) >= 11 is 3.39. The molecular weight excluding hydrogens is 482 g/mol. The van der Waals surface area contributed by atoms with Crippen LogP contribution >= 0.6 is 15.9 Å². The predicted molar refractivity (Wildman–Crippen MR) is 133 cm³/mol. The van der Waals surface area contributed by atoms with Crippen LogP contribution < -0.4 is 16.0 Å². The minimum absolute atomic E-state index is 0.121. The van der Waals surface area contributed by atoms with Gasteiger partial charge in [-0.15, -0.1) is 0 Å². The molecule has 0 saturated heterocycles. The van der Waals surface area contributed by atoms with Gasteiger partial charge in [0.15, 0.2) is 0 Å². The fourth-order valence-corrected chi connectivity index (χ4v) is 4.64. The van der Waals surface area contributed by atoms with E-state index in [9.17, 15) is 14.4 Å². The first-order valence-corrected chi connectivity index (χ1v) is 11.5. The van der Waals surface area contributed by atoms with E-state index < -0.39 is 17.9 Å². The maximum absolute atomic E-state index is 13.5. The highest BCUT2D eigenvalue weighted by Gasteiger charge is 2.37. The third-order valence-corrected chi connectivity index (χ3v) is 6.32. The average Bonchev–Trinajstić information content (AvgIpc) is 2.87. The Bertz CT molecular complexity index is 1260. The van der Waals surface area contributed by atoms with Gasteiger partial charge in [-0.05, 0) is 54.8 Å². The summed E-state index contributed by atoms with van der Waals surface area (Å²) in [7, 11) is 0. The standard InChI is InChI=1S/C26H24BrN3O3/c1-15-19-9-3-4-10-20(19)24-21(28)11-6-12-22(24)30(25(15)32)26(33)16(2)29-23(31)14-17-7-5-8-18(27)13-17/h3-13,15-16H,14,28H2,1-2H3,(H,29,31)/t15?,16-/m0/s1. The number of carbonyl (C=O) groups excluding carboxylic acids is 3. The summed E-state index contributed by atoms with van der Waals surface area (Å²) in [5.74, 6) is -1.72. The number of nitrogens with two attached hydrogens (primary N) is 1. The van der Waals surface area contributed by atoms with Gasteiger partial charge >= 0.3 is 0 Å². The Morgan fingerprint density at radius 1 is 1.09 bits per heavy atom. The highest BCUT2D eigenvalue weighted by Crippen LogP contribution is 2.44. The quantitative estimate of drug-likeness (QED) is 0.513. The summed E-state index contributed by atoms with van der Waals surface area (Å²) in [6, 6.07) is 19.2. The first kappa shape index (κ1) is 22.7. The molecule has 1 aliphatic heterocycles. The first-order valence-electron chi connectivity index (χ1n) is 10.7. The lowest BCUT2D eigenvalue weighted by molar-refractivity contribution is -0.131. The van der Waals surface area contributed by atoms with E-state index in [1.54, 1.807) is 32.0 Å². The molecule has 0 saturated carbocycles. The number of rotatable bonds is 4. The van der Waals surface area contributed by atoms with Crippen LogP contribution in [0.25, 0.3) is 11.1 Å². The SMILES string of the molecule is CC1C(=O)N(C(=O)[C@H](C)NC(=O)Cc2cccc(Br)c2)c2cccc(N)c2-c2ccccc21. The lowest BCUT2D eigenvalue weighted by atomic mass is 9.92. The molecule has 0 radical (unpaired) electrons. The normalized spacial score (nSPS) is 15.8. The molecular formula is C26H24BrN3O3. The van der Waals surface area contributed by atoms with Gasteiger partial charge in [-0.3, -0.25) is 14.4 Å². The summed E-state index contributed by atoms with van der Waals surface area (Å²) < 4.78 is 0.870. The van der Waals surface area contributed by atoms with Crippen LogP contribution in [0.4, 0.5) is 11.4 Å².